The highest BCUT2D eigenvalue weighted by Crippen LogP contribution is 2.32. The van der Waals surface area contributed by atoms with E-state index in [1.807, 2.05) is 42.8 Å². The van der Waals surface area contributed by atoms with Gasteiger partial charge in [0.05, 0.1) is 17.9 Å². The van der Waals surface area contributed by atoms with E-state index >= 15 is 0 Å². The second-order valence-corrected chi connectivity index (χ2v) is 5.56. The minimum absolute atomic E-state index is 0.0316. The maximum absolute atomic E-state index is 12.0. The number of nitrogens with zero attached hydrogens (tertiary/aromatic N) is 2. The first-order chi connectivity index (χ1) is 11.2. The van der Waals surface area contributed by atoms with E-state index in [0.717, 1.165) is 35.0 Å². The van der Waals surface area contributed by atoms with E-state index in [1.54, 1.807) is 0 Å². The van der Waals surface area contributed by atoms with Gasteiger partial charge in [-0.05, 0) is 44.0 Å². The van der Waals surface area contributed by atoms with Gasteiger partial charge in [-0.3, -0.25) is 9.48 Å². The summed E-state index contributed by atoms with van der Waals surface area (Å²) in [4.78, 5) is 12.0. The topological polar surface area (TPSA) is 65.4 Å². The number of ether oxygens (including phenoxy) is 2. The maximum atomic E-state index is 12.0. The molecule has 2 heterocycles. The van der Waals surface area contributed by atoms with E-state index in [-0.39, 0.29) is 12.7 Å². The Balaban J connectivity index is 1.50. The Morgan fingerprint density at radius 2 is 2.13 bits per heavy atom. The van der Waals surface area contributed by atoms with Crippen molar-refractivity contribution < 1.29 is 14.3 Å². The second-order valence-electron chi connectivity index (χ2n) is 5.56. The third-order valence-electron chi connectivity index (χ3n) is 3.83. The highest BCUT2D eigenvalue weighted by molar-refractivity contribution is 5.76. The molecule has 0 aliphatic carbocycles. The molecule has 23 heavy (non-hydrogen) atoms. The highest BCUT2D eigenvalue weighted by Gasteiger charge is 2.13. The molecule has 1 aliphatic heterocycles. The SMILES string of the molecule is CCn1nc(C)cc1CNC(=O)CCc1ccc2c(c1)OCO2. The van der Waals surface area contributed by atoms with Crippen LogP contribution in [0.5, 0.6) is 11.5 Å². The molecule has 6 nitrogen and oxygen atoms in total. The molecular formula is C17H21N3O3. The van der Waals surface area contributed by atoms with Crippen molar-refractivity contribution in [3.63, 3.8) is 0 Å². The van der Waals surface area contributed by atoms with Crippen LogP contribution in [0.4, 0.5) is 0 Å². The van der Waals surface area contributed by atoms with E-state index in [2.05, 4.69) is 10.4 Å². The minimum atomic E-state index is 0.0316. The summed E-state index contributed by atoms with van der Waals surface area (Å²) in [6, 6.07) is 7.79. The van der Waals surface area contributed by atoms with Crippen molar-refractivity contribution in [1.82, 2.24) is 15.1 Å². The Hall–Kier alpha value is -2.50. The number of carbonyl (C=O) groups is 1. The fourth-order valence-corrected chi connectivity index (χ4v) is 2.65. The summed E-state index contributed by atoms with van der Waals surface area (Å²) < 4.78 is 12.5. The summed E-state index contributed by atoms with van der Waals surface area (Å²) in [7, 11) is 0. The van der Waals surface area contributed by atoms with Crippen LogP contribution in [0.3, 0.4) is 0 Å². The fourth-order valence-electron chi connectivity index (χ4n) is 2.65. The van der Waals surface area contributed by atoms with Gasteiger partial charge in [0.1, 0.15) is 0 Å². The molecule has 1 amide bonds. The smallest absolute Gasteiger partial charge is 0.231 e. The maximum Gasteiger partial charge on any atom is 0.231 e. The van der Waals surface area contributed by atoms with Crippen molar-refractivity contribution in [2.45, 2.75) is 39.8 Å². The van der Waals surface area contributed by atoms with Crippen LogP contribution in [0.15, 0.2) is 24.3 Å². The molecule has 0 saturated carbocycles. The van der Waals surface area contributed by atoms with Crippen molar-refractivity contribution in [2.75, 3.05) is 6.79 Å². The van der Waals surface area contributed by atoms with E-state index in [4.69, 9.17) is 9.47 Å². The van der Waals surface area contributed by atoms with E-state index in [1.165, 1.54) is 0 Å². The van der Waals surface area contributed by atoms with Gasteiger partial charge in [-0.15, -0.1) is 0 Å². The monoisotopic (exact) mass is 315 g/mol. The van der Waals surface area contributed by atoms with Crippen molar-refractivity contribution in [3.8, 4) is 11.5 Å². The number of hydrogen-bond acceptors (Lipinski definition) is 4. The van der Waals surface area contributed by atoms with Crippen LogP contribution < -0.4 is 14.8 Å². The predicted molar refractivity (Wildman–Crippen MR) is 85.4 cm³/mol. The molecule has 0 radical (unpaired) electrons. The number of benzene rings is 1. The summed E-state index contributed by atoms with van der Waals surface area (Å²) in [6.45, 7) is 5.57. The van der Waals surface area contributed by atoms with Gasteiger partial charge in [-0.2, -0.15) is 5.10 Å². The molecule has 1 aromatic heterocycles. The van der Waals surface area contributed by atoms with E-state index < -0.39 is 0 Å². The number of carbonyl (C=O) groups excluding carboxylic acids is 1. The van der Waals surface area contributed by atoms with Gasteiger partial charge < -0.3 is 14.8 Å². The standard InChI is InChI=1S/C17H21N3O3/c1-3-20-14(8-12(2)19-20)10-18-17(21)7-5-13-4-6-15-16(9-13)23-11-22-15/h4,6,8-9H,3,5,7,10-11H2,1-2H3,(H,18,21). The number of aryl methyl sites for hydroxylation is 3. The van der Waals surface area contributed by atoms with Crippen LogP contribution >= 0.6 is 0 Å². The summed E-state index contributed by atoms with van der Waals surface area (Å²) in [5, 5.41) is 7.33. The molecule has 0 atom stereocenters. The Kier molecular flexibility index (Phi) is 4.50. The molecule has 122 valence electrons. The lowest BCUT2D eigenvalue weighted by molar-refractivity contribution is -0.121. The second kappa shape index (κ2) is 6.73. The fraction of sp³-hybridized carbons (Fsp3) is 0.412. The average Bonchev–Trinajstić information content (AvgIpc) is 3.16. The molecule has 0 fully saturated rings. The summed E-state index contributed by atoms with van der Waals surface area (Å²) in [5.41, 5.74) is 3.07. The van der Waals surface area contributed by atoms with Crippen molar-refractivity contribution in [3.05, 3.63) is 41.2 Å². The summed E-state index contributed by atoms with van der Waals surface area (Å²) in [5.74, 6) is 1.55. The van der Waals surface area contributed by atoms with Gasteiger partial charge in [-0.1, -0.05) is 6.07 Å². The Bertz CT molecular complexity index is 709. The largest absolute Gasteiger partial charge is 0.454 e. The molecule has 6 heteroatoms. The zero-order valence-corrected chi connectivity index (χ0v) is 13.5. The van der Waals surface area contributed by atoms with Gasteiger partial charge in [-0.25, -0.2) is 0 Å². The third-order valence-corrected chi connectivity index (χ3v) is 3.83. The predicted octanol–water partition coefficient (Wildman–Crippen LogP) is 2.19. The van der Waals surface area contributed by atoms with Crippen molar-refractivity contribution in [1.29, 1.82) is 0 Å². The first kappa shape index (κ1) is 15.4. The van der Waals surface area contributed by atoms with E-state index in [0.29, 0.717) is 19.4 Å². The molecule has 0 bridgehead atoms. The highest BCUT2D eigenvalue weighted by atomic mass is 16.7. The zero-order chi connectivity index (χ0) is 16.2. The van der Waals surface area contributed by atoms with Crippen LogP contribution in [0, 0.1) is 6.92 Å². The van der Waals surface area contributed by atoms with Crippen LogP contribution in [0.2, 0.25) is 0 Å². The Morgan fingerprint density at radius 1 is 1.30 bits per heavy atom. The van der Waals surface area contributed by atoms with Gasteiger partial charge in [0.15, 0.2) is 11.5 Å². The normalized spacial score (nSPS) is 12.4. The minimum Gasteiger partial charge on any atom is -0.454 e. The number of rotatable bonds is 6. The first-order valence-electron chi connectivity index (χ1n) is 7.84. The number of fused-ring (bicyclic) bond motifs is 1. The van der Waals surface area contributed by atoms with Crippen molar-refractivity contribution >= 4 is 5.91 Å². The van der Waals surface area contributed by atoms with Crippen LogP contribution in [0.25, 0.3) is 0 Å². The summed E-state index contributed by atoms with van der Waals surface area (Å²) >= 11 is 0. The molecule has 1 aromatic carbocycles. The molecule has 1 N–H and O–H groups in total. The zero-order valence-electron chi connectivity index (χ0n) is 13.5. The van der Waals surface area contributed by atoms with Crippen molar-refractivity contribution in [2.24, 2.45) is 0 Å². The molecule has 0 spiro atoms. The molecule has 1 aliphatic rings. The first-order valence-corrected chi connectivity index (χ1v) is 7.84. The van der Waals surface area contributed by atoms with E-state index in [9.17, 15) is 4.79 Å². The number of amides is 1. The number of nitrogens with one attached hydrogen (secondary N) is 1. The molecule has 0 unspecified atom stereocenters. The number of aromatic nitrogens is 2. The lowest BCUT2D eigenvalue weighted by Gasteiger charge is -2.07. The molecule has 2 aromatic rings. The number of hydrogen-bond donors (Lipinski definition) is 1. The lowest BCUT2D eigenvalue weighted by atomic mass is 10.1. The quantitative estimate of drug-likeness (QED) is 0.887. The van der Waals surface area contributed by atoms with Gasteiger partial charge in [0, 0.05) is 13.0 Å². The van der Waals surface area contributed by atoms with Gasteiger partial charge >= 0.3 is 0 Å². The Morgan fingerprint density at radius 3 is 2.96 bits per heavy atom. The average molecular weight is 315 g/mol. The molecule has 3 rings (SSSR count). The third kappa shape index (κ3) is 3.64. The molecule has 0 saturated heterocycles. The van der Waals surface area contributed by atoms with Crippen LogP contribution in [-0.2, 0) is 24.3 Å². The van der Waals surface area contributed by atoms with Gasteiger partial charge in [0.25, 0.3) is 0 Å². The Labute approximate surface area is 135 Å². The van der Waals surface area contributed by atoms with Gasteiger partial charge in [0.2, 0.25) is 12.7 Å². The summed E-state index contributed by atoms with van der Waals surface area (Å²) in [6.07, 6.45) is 1.12. The molecular weight excluding hydrogens is 294 g/mol. The van der Waals surface area contributed by atoms with Crippen LogP contribution in [-0.4, -0.2) is 22.5 Å². The lowest BCUT2D eigenvalue weighted by Crippen LogP contribution is -2.24. The van der Waals surface area contributed by atoms with Crippen LogP contribution in [0.1, 0.15) is 30.3 Å².